The Hall–Kier alpha value is -1.36. The highest BCUT2D eigenvalue weighted by atomic mass is 127. The van der Waals surface area contributed by atoms with Crippen LogP contribution in [0.25, 0.3) is 0 Å². The van der Waals surface area contributed by atoms with Crippen molar-refractivity contribution in [3.63, 3.8) is 0 Å². The van der Waals surface area contributed by atoms with Crippen LogP contribution in [-0.4, -0.2) is 5.91 Å². The van der Waals surface area contributed by atoms with Gasteiger partial charge in [0.1, 0.15) is 0 Å². The standard InChI is InChI=1S/C15H14INO/c1-10-4-3-5-13(8-10)17-15(18)12-7-6-11(2)14(16)9-12/h3-9H,1-2H3,(H,17,18). The summed E-state index contributed by atoms with van der Waals surface area (Å²) in [6, 6.07) is 13.5. The zero-order valence-corrected chi connectivity index (χ0v) is 12.5. The Morgan fingerprint density at radius 2 is 1.89 bits per heavy atom. The molecule has 0 fully saturated rings. The Labute approximate surface area is 121 Å². The van der Waals surface area contributed by atoms with Gasteiger partial charge in [-0.2, -0.15) is 0 Å². The third kappa shape index (κ3) is 3.10. The molecule has 2 nitrogen and oxygen atoms in total. The van der Waals surface area contributed by atoms with Crippen LogP contribution in [0.1, 0.15) is 21.5 Å². The van der Waals surface area contributed by atoms with Crippen LogP contribution < -0.4 is 5.32 Å². The first-order valence-electron chi connectivity index (χ1n) is 5.70. The predicted octanol–water partition coefficient (Wildman–Crippen LogP) is 4.16. The van der Waals surface area contributed by atoms with Gasteiger partial charge < -0.3 is 5.32 Å². The summed E-state index contributed by atoms with van der Waals surface area (Å²) in [5, 5.41) is 2.90. The predicted molar refractivity (Wildman–Crippen MR) is 83.0 cm³/mol. The van der Waals surface area contributed by atoms with E-state index in [1.807, 2.05) is 56.3 Å². The van der Waals surface area contributed by atoms with Gasteiger partial charge in [-0.3, -0.25) is 4.79 Å². The zero-order valence-electron chi connectivity index (χ0n) is 10.3. The lowest BCUT2D eigenvalue weighted by molar-refractivity contribution is 0.102. The summed E-state index contributed by atoms with van der Waals surface area (Å²) < 4.78 is 1.10. The van der Waals surface area contributed by atoms with Crippen LogP contribution >= 0.6 is 22.6 Å². The van der Waals surface area contributed by atoms with Gasteiger partial charge in [-0.15, -0.1) is 0 Å². The summed E-state index contributed by atoms with van der Waals surface area (Å²) in [6.45, 7) is 4.04. The average Bonchev–Trinajstić information content (AvgIpc) is 2.32. The van der Waals surface area contributed by atoms with Gasteiger partial charge in [-0.05, 0) is 71.8 Å². The molecule has 0 unspecified atom stereocenters. The average molecular weight is 351 g/mol. The number of rotatable bonds is 2. The molecule has 0 heterocycles. The first-order valence-corrected chi connectivity index (χ1v) is 6.78. The Morgan fingerprint density at radius 3 is 2.56 bits per heavy atom. The minimum absolute atomic E-state index is 0.0708. The number of carbonyl (C=O) groups excluding carboxylic acids is 1. The molecule has 0 aliphatic rings. The number of hydrogen-bond acceptors (Lipinski definition) is 1. The minimum atomic E-state index is -0.0708. The second-order valence-electron chi connectivity index (χ2n) is 4.29. The van der Waals surface area contributed by atoms with Crippen molar-refractivity contribution in [3.8, 4) is 0 Å². The van der Waals surface area contributed by atoms with E-state index >= 15 is 0 Å². The summed E-state index contributed by atoms with van der Waals surface area (Å²) in [6.07, 6.45) is 0. The molecule has 0 saturated carbocycles. The van der Waals surface area contributed by atoms with E-state index in [0.717, 1.165) is 14.8 Å². The fourth-order valence-electron chi connectivity index (χ4n) is 1.66. The molecule has 0 saturated heterocycles. The molecule has 0 atom stereocenters. The number of anilines is 1. The molecule has 0 aromatic heterocycles. The Balaban J connectivity index is 2.19. The Bertz CT molecular complexity index is 593. The molecule has 1 amide bonds. The highest BCUT2D eigenvalue weighted by Crippen LogP contribution is 2.16. The van der Waals surface area contributed by atoms with E-state index < -0.39 is 0 Å². The largest absolute Gasteiger partial charge is 0.322 e. The molecule has 0 aliphatic heterocycles. The van der Waals surface area contributed by atoms with E-state index in [2.05, 4.69) is 27.9 Å². The van der Waals surface area contributed by atoms with Gasteiger partial charge in [-0.25, -0.2) is 0 Å². The van der Waals surface area contributed by atoms with E-state index in [1.54, 1.807) is 0 Å². The normalized spacial score (nSPS) is 10.2. The molecule has 2 rings (SSSR count). The molecular formula is C15H14INO. The Kier molecular flexibility index (Phi) is 4.01. The van der Waals surface area contributed by atoms with Crippen LogP contribution in [0.2, 0.25) is 0 Å². The fraction of sp³-hybridized carbons (Fsp3) is 0.133. The summed E-state index contributed by atoms with van der Waals surface area (Å²) in [7, 11) is 0. The van der Waals surface area contributed by atoms with Gasteiger partial charge in [-0.1, -0.05) is 18.2 Å². The number of aryl methyl sites for hydroxylation is 2. The maximum absolute atomic E-state index is 12.1. The van der Waals surface area contributed by atoms with Crippen molar-refractivity contribution < 1.29 is 4.79 Å². The third-order valence-electron chi connectivity index (χ3n) is 2.71. The van der Waals surface area contributed by atoms with Gasteiger partial charge in [0.15, 0.2) is 0 Å². The maximum Gasteiger partial charge on any atom is 0.255 e. The third-order valence-corrected chi connectivity index (χ3v) is 3.87. The molecular weight excluding hydrogens is 337 g/mol. The second kappa shape index (κ2) is 5.52. The van der Waals surface area contributed by atoms with Crippen LogP contribution in [0.5, 0.6) is 0 Å². The van der Waals surface area contributed by atoms with E-state index in [0.29, 0.717) is 5.56 Å². The molecule has 2 aromatic carbocycles. The number of hydrogen-bond donors (Lipinski definition) is 1. The van der Waals surface area contributed by atoms with Crippen molar-refractivity contribution >= 4 is 34.2 Å². The monoisotopic (exact) mass is 351 g/mol. The quantitative estimate of drug-likeness (QED) is 0.809. The topological polar surface area (TPSA) is 29.1 Å². The van der Waals surface area contributed by atoms with Crippen molar-refractivity contribution in [3.05, 3.63) is 62.7 Å². The van der Waals surface area contributed by atoms with Crippen molar-refractivity contribution in [1.29, 1.82) is 0 Å². The lowest BCUT2D eigenvalue weighted by Gasteiger charge is -2.07. The number of nitrogens with one attached hydrogen (secondary N) is 1. The lowest BCUT2D eigenvalue weighted by Crippen LogP contribution is -2.12. The van der Waals surface area contributed by atoms with Crippen molar-refractivity contribution in [1.82, 2.24) is 0 Å². The van der Waals surface area contributed by atoms with Crippen molar-refractivity contribution in [2.45, 2.75) is 13.8 Å². The first kappa shape index (κ1) is 13.1. The van der Waals surface area contributed by atoms with E-state index in [9.17, 15) is 4.79 Å². The van der Waals surface area contributed by atoms with E-state index in [4.69, 9.17) is 0 Å². The van der Waals surface area contributed by atoms with Crippen LogP contribution in [0.4, 0.5) is 5.69 Å². The summed E-state index contributed by atoms with van der Waals surface area (Å²) in [5.74, 6) is -0.0708. The second-order valence-corrected chi connectivity index (χ2v) is 5.45. The molecule has 0 radical (unpaired) electrons. The van der Waals surface area contributed by atoms with Gasteiger partial charge in [0, 0.05) is 14.8 Å². The van der Waals surface area contributed by atoms with Crippen LogP contribution in [0, 0.1) is 17.4 Å². The number of halogens is 1. The number of carbonyl (C=O) groups is 1. The molecule has 18 heavy (non-hydrogen) atoms. The van der Waals surface area contributed by atoms with Gasteiger partial charge >= 0.3 is 0 Å². The summed E-state index contributed by atoms with van der Waals surface area (Å²) >= 11 is 2.24. The zero-order chi connectivity index (χ0) is 13.1. The smallest absolute Gasteiger partial charge is 0.255 e. The van der Waals surface area contributed by atoms with E-state index in [1.165, 1.54) is 5.56 Å². The van der Waals surface area contributed by atoms with E-state index in [-0.39, 0.29) is 5.91 Å². The number of benzene rings is 2. The molecule has 0 aliphatic carbocycles. The summed E-state index contributed by atoms with van der Waals surface area (Å²) in [5.41, 5.74) is 3.83. The highest BCUT2D eigenvalue weighted by Gasteiger charge is 2.07. The molecule has 1 N–H and O–H groups in total. The Morgan fingerprint density at radius 1 is 1.11 bits per heavy atom. The fourth-order valence-corrected chi connectivity index (χ4v) is 2.18. The SMILES string of the molecule is Cc1cccc(NC(=O)c2ccc(C)c(I)c2)c1. The van der Waals surface area contributed by atoms with Gasteiger partial charge in [0.25, 0.3) is 5.91 Å². The maximum atomic E-state index is 12.1. The first-order chi connectivity index (χ1) is 8.56. The van der Waals surface area contributed by atoms with Crippen molar-refractivity contribution in [2.75, 3.05) is 5.32 Å². The molecule has 92 valence electrons. The summed E-state index contributed by atoms with van der Waals surface area (Å²) in [4.78, 5) is 12.1. The van der Waals surface area contributed by atoms with Crippen LogP contribution in [-0.2, 0) is 0 Å². The minimum Gasteiger partial charge on any atom is -0.322 e. The van der Waals surface area contributed by atoms with Crippen LogP contribution in [0.15, 0.2) is 42.5 Å². The number of amides is 1. The molecule has 0 bridgehead atoms. The lowest BCUT2D eigenvalue weighted by atomic mass is 10.1. The van der Waals surface area contributed by atoms with Gasteiger partial charge in [0.2, 0.25) is 0 Å². The van der Waals surface area contributed by atoms with Crippen molar-refractivity contribution in [2.24, 2.45) is 0 Å². The van der Waals surface area contributed by atoms with Crippen LogP contribution in [0.3, 0.4) is 0 Å². The van der Waals surface area contributed by atoms with Gasteiger partial charge in [0.05, 0.1) is 0 Å². The molecule has 0 spiro atoms. The highest BCUT2D eigenvalue weighted by molar-refractivity contribution is 14.1. The molecule has 3 heteroatoms. The molecule has 2 aromatic rings.